The average molecular weight is 433 g/mol. The summed E-state index contributed by atoms with van der Waals surface area (Å²) in [6.45, 7) is 2.80. The first-order chi connectivity index (χ1) is 14.6. The molecular weight excluding hydrogens is 414 g/mol. The molecule has 4 rings (SSSR count). The number of fused-ring (bicyclic) bond motifs is 2. The molecule has 1 N–H and O–H groups in total. The van der Waals surface area contributed by atoms with Crippen molar-refractivity contribution in [1.82, 2.24) is 9.97 Å². The molecule has 0 fully saturated rings. The van der Waals surface area contributed by atoms with Gasteiger partial charge in [-0.3, -0.25) is 0 Å². The van der Waals surface area contributed by atoms with E-state index >= 15 is 0 Å². The molecular formula is C22H19F4N3O2. The van der Waals surface area contributed by atoms with Crippen molar-refractivity contribution in [3.8, 4) is 5.75 Å². The van der Waals surface area contributed by atoms with E-state index in [-0.39, 0.29) is 35.4 Å². The number of aliphatic imine (C=N–C) groups is 1. The van der Waals surface area contributed by atoms with Crippen molar-refractivity contribution in [2.45, 2.75) is 38.0 Å². The molecule has 2 aromatic carbocycles. The quantitative estimate of drug-likeness (QED) is 0.465. The standard InChI is InChI=1S/C22H19F4N3O2/c1-12-27-11-14-17(8-7-16(23)19(14)28-12)29-20(22(24,25)26)21(2,30)15-9-10-31-18-6-4-3-5-13(15)18/h3-8,11,15,30H,9-10H2,1-2H3. The number of para-hydroxylation sites is 1. The Morgan fingerprint density at radius 2 is 1.94 bits per heavy atom. The third-order valence-electron chi connectivity index (χ3n) is 5.42. The van der Waals surface area contributed by atoms with Crippen LogP contribution in [0.15, 0.2) is 47.6 Å². The van der Waals surface area contributed by atoms with Crippen LogP contribution in [0, 0.1) is 12.7 Å². The Morgan fingerprint density at radius 1 is 1.19 bits per heavy atom. The topological polar surface area (TPSA) is 67.6 Å². The van der Waals surface area contributed by atoms with Gasteiger partial charge in [0.2, 0.25) is 0 Å². The molecule has 162 valence electrons. The minimum Gasteiger partial charge on any atom is -0.493 e. The van der Waals surface area contributed by atoms with Crippen LogP contribution in [0.4, 0.5) is 23.2 Å². The molecule has 5 nitrogen and oxygen atoms in total. The second-order valence-corrected chi connectivity index (χ2v) is 7.58. The summed E-state index contributed by atoms with van der Waals surface area (Å²) in [6.07, 6.45) is -3.54. The number of aliphatic hydroxyl groups is 1. The summed E-state index contributed by atoms with van der Waals surface area (Å²) >= 11 is 0. The van der Waals surface area contributed by atoms with Crippen LogP contribution in [0.5, 0.6) is 5.75 Å². The number of hydrogen-bond donors (Lipinski definition) is 1. The van der Waals surface area contributed by atoms with Crippen LogP contribution in [-0.4, -0.2) is 39.2 Å². The van der Waals surface area contributed by atoms with E-state index in [1.807, 2.05) is 0 Å². The van der Waals surface area contributed by atoms with E-state index in [1.165, 1.54) is 6.20 Å². The Hall–Kier alpha value is -3.07. The van der Waals surface area contributed by atoms with Gasteiger partial charge in [0.15, 0.2) is 5.71 Å². The molecule has 0 spiro atoms. The van der Waals surface area contributed by atoms with Crippen LogP contribution in [0.2, 0.25) is 0 Å². The number of aryl methyl sites for hydroxylation is 1. The van der Waals surface area contributed by atoms with E-state index < -0.39 is 29.2 Å². The zero-order chi connectivity index (χ0) is 22.4. The number of nitrogens with zero attached hydrogens (tertiary/aromatic N) is 3. The fourth-order valence-electron chi connectivity index (χ4n) is 3.93. The summed E-state index contributed by atoms with van der Waals surface area (Å²) < 4.78 is 62.2. The van der Waals surface area contributed by atoms with Gasteiger partial charge in [0.1, 0.15) is 28.5 Å². The highest BCUT2D eigenvalue weighted by Gasteiger charge is 2.52. The van der Waals surface area contributed by atoms with Crippen molar-refractivity contribution >= 4 is 22.3 Å². The maximum Gasteiger partial charge on any atom is 0.432 e. The van der Waals surface area contributed by atoms with E-state index in [1.54, 1.807) is 31.2 Å². The van der Waals surface area contributed by atoms with Crippen molar-refractivity contribution in [3.05, 3.63) is 59.8 Å². The van der Waals surface area contributed by atoms with Gasteiger partial charge in [-0.2, -0.15) is 13.2 Å². The van der Waals surface area contributed by atoms with Gasteiger partial charge in [-0.1, -0.05) is 18.2 Å². The normalized spacial score (nSPS) is 18.9. The molecule has 0 saturated heterocycles. The maximum atomic E-state index is 14.2. The molecule has 2 atom stereocenters. The van der Waals surface area contributed by atoms with Gasteiger partial charge in [-0.15, -0.1) is 0 Å². The Kier molecular flexibility index (Phi) is 5.17. The monoisotopic (exact) mass is 433 g/mol. The number of halogens is 4. The predicted octanol–water partition coefficient (Wildman–Crippen LogP) is 5.03. The summed E-state index contributed by atoms with van der Waals surface area (Å²) in [5, 5.41) is 11.2. The zero-order valence-electron chi connectivity index (χ0n) is 16.7. The lowest BCUT2D eigenvalue weighted by molar-refractivity contribution is -0.0768. The predicted molar refractivity (Wildman–Crippen MR) is 107 cm³/mol. The summed E-state index contributed by atoms with van der Waals surface area (Å²) in [7, 11) is 0. The molecule has 1 aromatic heterocycles. The Bertz CT molecular complexity index is 1180. The van der Waals surface area contributed by atoms with Crippen LogP contribution in [0.1, 0.15) is 30.7 Å². The summed E-state index contributed by atoms with van der Waals surface area (Å²) in [5.74, 6) is -0.896. The molecule has 9 heteroatoms. The zero-order valence-corrected chi connectivity index (χ0v) is 16.7. The van der Waals surface area contributed by atoms with Crippen molar-refractivity contribution in [3.63, 3.8) is 0 Å². The van der Waals surface area contributed by atoms with E-state index in [4.69, 9.17) is 4.74 Å². The average Bonchev–Trinajstić information content (AvgIpc) is 2.72. The number of alkyl halides is 3. The highest BCUT2D eigenvalue weighted by molar-refractivity contribution is 6.02. The maximum absolute atomic E-state index is 14.2. The van der Waals surface area contributed by atoms with Gasteiger partial charge in [0.05, 0.1) is 12.3 Å². The first-order valence-corrected chi connectivity index (χ1v) is 9.61. The van der Waals surface area contributed by atoms with Crippen LogP contribution in [0.25, 0.3) is 10.9 Å². The number of aromatic nitrogens is 2. The second-order valence-electron chi connectivity index (χ2n) is 7.58. The molecule has 0 bridgehead atoms. The lowest BCUT2D eigenvalue weighted by atomic mass is 9.76. The summed E-state index contributed by atoms with van der Waals surface area (Å²) in [5.41, 5.74) is -3.59. The van der Waals surface area contributed by atoms with Crippen molar-refractivity contribution < 1.29 is 27.4 Å². The fraction of sp³-hybridized carbons (Fsp3) is 0.318. The third-order valence-corrected chi connectivity index (χ3v) is 5.42. The first kappa shape index (κ1) is 21.2. The lowest BCUT2D eigenvalue weighted by Gasteiger charge is -2.38. The highest BCUT2D eigenvalue weighted by atomic mass is 19.4. The van der Waals surface area contributed by atoms with Crippen LogP contribution in [-0.2, 0) is 0 Å². The van der Waals surface area contributed by atoms with Crippen LogP contribution >= 0.6 is 0 Å². The third kappa shape index (κ3) is 3.85. The van der Waals surface area contributed by atoms with Crippen molar-refractivity contribution in [2.75, 3.05) is 6.61 Å². The van der Waals surface area contributed by atoms with Gasteiger partial charge in [-0.25, -0.2) is 19.4 Å². The fourth-order valence-corrected chi connectivity index (χ4v) is 3.93. The van der Waals surface area contributed by atoms with Gasteiger partial charge in [-0.05, 0) is 38.5 Å². The first-order valence-electron chi connectivity index (χ1n) is 9.61. The molecule has 3 aromatic rings. The highest BCUT2D eigenvalue weighted by Crippen LogP contribution is 2.44. The summed E-state index contributed by atoms with van der Waals surface area (Å²) in [6, 6.07) is 8.78. The van der Waals surface area contributed by atoms with Crippen LogP contribution in [0.3, 0.4) is 0 Å². The smallest absolute Gasteiger partial charge is 0.432 e. The Labute approximate surface area is 175 Å². The minimum atomic E-state index is -4.94. The van der Waals surface area contributed by atoms with Gasteiger partial charge >= 0.3 is 6.18 Å². The van der Waals surface area contributed by atoms with Crippen LogP contribution < -0.4 is 4.74 Å². The van der Waals surface area contributed by atoms with Gasteiger partial charge in [0, 0.05) is 23.1 Å². The second kappa shape index (κ2) is 7.56. The number of hydrogen-bond acceptors (Lipinski definition) is 5. The Morgan fingerprint density at radius 3 is 2.68 bits per heavy atom. The number of ether oxygens (including phenoxy) is 1. The largest absolute Gasteiger partial charge is 0.493 e. The SMILES string of the molecule is Cc1ncc2c(N=C(C(F)(F)F)C(C)(O)C3CCOc4ccccc43)ccc(F)c2n1. The van der Waals surface area contributed by atoms with E-state index in [2.05, 4.69) is 15.0 Å². The van der Waals surface area contributed by atoms with E-state index in [0.29, 0.717) is 11.3 Å². The molecule has 2 heterocycles. The van der Waals surface area contributed by atoms with Gasteiger partial charge < -0.3 is 9.84 Å². The molecule has 2 unspecified atom stereocenters. The minimum absolute atomic E-state index is 0.0236. The molecule has 0 aliphatic carbocycles. The van der Waals surface area contributed by atoms with Gasteiger partial charge in [0.25, 0.3) is 0 Å². The molecule has 0 radical (unpaired) electrons. The van der Waals surface area contributed by atoms with Crippen molar-refractivity contribution in [1.29, 1.82) is 0 Å². The summed E-state index contributed by atoms with van der Waals surface area (Å²) in [4.78, 5) is 11.7. The molecule has 1 aliphatic heterocycles. The lowest BCUT2D eigenvalue weighted by Crippen LogP contribution is -2.50. The van der Waals surface area contributed by atoms with Crippen molar-refractivity contribution in [2.24, 2.45) is 4.99 Å². The van der Waals surface area contributed by atoms with E-state index in [0.717, 1.165) is 19.1 Å². The number of rotatable bonds is 3. The Balaban J connectivity index is 1.89. The molecule has 31 heavy (non-hydrogen) atoms. The number of benzene rings is 2. The molecule has 0 saturated carbocycles. The molecule has 1 aliphatic rings. The molecule has 0 amide bonds. The van der Waals surface area contributed by atoms with E-state index in [9.17, 15) is 22.7 Å².